The molecule has 0 saturated heterocycles. The molecule has 78 valence electrons. The predicted octanol–water partition coefficient (Wildman–Crippen LogP) is 1.79. The topological polar surface area (TPSA) is 61.0 Å². The lowest BCUT2D eigenvalue weighted by atomic mass is 10.1. The van der Waals surface area contributed by atoms with Crippen molar-refractivity contribution in [3.8, 4) is 5.88 Å². The van der Waals surface area contributed by atoms with Crippen molar-refractivity contribution in [2.24, 2.45) is 5.92 Å². The van der Waals surface area contributed by atoms with E-state index in [2.05, 4.69) is 23.8 Å². The lowest BCUT2D eigenvalue weighted by Gasteiger charge is -2.18. The van der Waals surface area contributed by atoms with E-state index in [1.807, 2.05) is 13.8 Å². The van der Waals surface area contributed by atoms with Crippen LogP contribution in [0.4, 0.5) is 5.82 Å². The molecule has 0 aliphatic carbocycles. The Kier molecular flexibility index (Phi) is 3.28. The monoisotopic (exact) mass is 195 g/mol. The fraction of sp³-hybridized carbons (Fsp3) is 0.600. The summed E-state index contributed by atoms with van der Waals surface area (Å²) in [5.41, 5.74) is 6.45. The summed E-state index contributed by atoms with van der Waals surface area (Å²) in [6.45, 7) is 8.08. The molecule has 0 fully saturated rings. The van der Waals surface area contributed by atoms with E-state index in [0.717, 1.165) is 5.56 Å². The van der Waals surface area contributed by atoms with Crippen LogP contribution in [0.1, 0.15) is 26.3 Å². The van der Waals surface area contributed by atoms with Gasteiger partial charge in [-0.25, -0.2) is 9.97 Å². The van der Waals surface area contributed by atoms with Crippen molar-refractivity contribution in [1.82, 2.24) is 9.97 Å². The lowest BCUT2D eigenvalue weighted by molar-refractivity contribution is 0.162. The summed E-state index contributed by atoms with van der Waals surface area (Å²) in [5, 5.41) is 0. The van der Waals surface area contributed by atoms with Gasteiger partial charge in [-0.15, -0.1) is 0 Å². The van der Waals surface area contributed by atoms with Gasteiger partial charge in [0.1, 0.15) is 12.1 Å². The molecule has 4 heteroatoms. The van der Waals surface area contributed by atoms with Crippen LogP contribution in [0, 0.1) is 12.8 Å². The number of hydrogen-bond acceptors (Lipinski definition) is 4. The highest BCUT2D eigenvalue weighted by Crippen LogP contribution is 2.20. The van der Waals surface area contributed by atoms with E-state index in [1.54, 1.807) is 0 Å². The van der Waals surface area contributed by atoms with Gasteiger partial charge in [0.05, 0.1) is 11.7 Å². The van der Waals surface area contributed by atoms with E-state index in [4.69, 9.17) is 10.5 Å². The van der Waals surface area contributed by atoms with Crippen molar-refractivity contribution in [3.05, 3.63) is 11.9 Å². The van der Waals surface area contributed by atoms with Gasteiger partial charge in [-0.2, -0.15) is 0 Å². The Morgan fingerprint density at radius 2 is 1.93 bits per heavy atom. The maximum atomic E-state index is 5.66. The first-order chi connectivity index (χ1) is 6.52. The molecule has 1 aromatic rings. The molecule has 1 aromatic heterocycles. The third-order valence-electron chi connectivity index (χ3n) is 2.31. The molecule has 0 aliphatic rings. The van der Waals surface area contributed by atoms with Gasteiger partial charge in [-0.05, 0) is 19.8 Å². The van der Waals surface area contributed by atoms with E-state index in [0.29, 0.717) is 17.6 Å². The largest absolute Gasteiger partial charge is 0.474 e. The molecule has 14 heavy (non-hydrogen) atoms. The predicted molar refractivity (Wildman–Crippen MR) is 56.1 cm³/mol. The molecule has 0 saturated carbocycles. The molecule has 4 nitrogen and oxygen atoms in total. The summed E-state index contributed by atoms with van der Waals surface area (Å²) in [4.78, 5) is 7.93. The van der Waals surface area contributed by atoms with Gasteiger partial charge < -0.3 is 10.5 Å². The zero-order valence-electron chi connectivity index (χ0n) is 9.11. The number of ether oxygens (including phenoxy) is 1. The fourth-order valence-corrected chi connectivity index (χ4v) is 0.878. The average Bonchev–Trinajstić information content (AvgIpc) is 2.12. The smallest absolute Gasteiger partial charge is 0.221 e. The van der Waals surface area contributed by atoms with Crippen LogP contribution in [0.2, 0.25) is 0 Å². The molecule has 0 aromatic carbocycles. The number of nitrogen functional groups attached to an aromatic ring is 1. The average molecular weight is 195 g/mol. The minimum atomic E-state index is 0.128. The second kappa shape index (κ2) is 4.26. The van der Waals surface area contributed by atoms with Gasteiger partial charge in [-0.3, -0.25) is 0 Å². The van der Waals surface area contributed by atoms with Crippen LogP contribution in [0.25, 0.3) is 0 Å². The van der Waals surface area contributed by atoms with E-state index in [1.165, 1.54) is 6.33 Å². The summed E-state index contributed by atoms with van der Waals surface area (Å²) in [7, 11) is 0. The summed E-state index contributed by atoms with van der Waals surface area (Å²) < 4.78 is 5.66. The number of nitrogens with zero attached hydrogens (tertiary/aromatic N) is 2. The molecule has 0 spiro atoms. The molecule has 2 N–H and O–H groups in total. The van der Waals surface area contributed by atoms with Gasteiger partial charge in [0, 0.05) is 0 Å². The maximum absolute atomic E-state index is 5.66. The molecular formula is C10H17N3O. The van der Waals surface area contributed by atoms with Crippen molar-refractivity contribution in [2.45, 2.75) is 33.8 Å². The molecule has 1 atom stereocenters. The first-order valence-electron chi connectivity index (χ1n) is 4.76. The molecule has 0 amide bonds. The summed E-state index contributed by atoms with van der Waals surface area (Å²) in [6.07, 6.45) is 1.55. The van der Waals surface area contributed by atoms with Gasteiger partial charge in [0.2, 0.25) is 5.88 Å². The lowest BCUT2D eigenvalue weighted by Crippen LogP contribution is -2.20. The molecule has 0 aliphatic heterocycles. The van der Waals surface area contributed by atoms with Crippen LogP contribution < -0.4 is 10.5 Å². The fourth-order valence-electron chi connectivity index (χ4n) is 0.878. The summed E-state index contributed by atoms with van der Waals surface area (Å²) >= 11 is 0. The third kappa shape index (κ3) is 2.34. The molecule has 1 heterocycles. The second-order valence-electron chi connectivity index (χ2n) is 3.76. The van der Waals surface area contributed by atoms with Gasteiger partial charge in [-0.1, -0.05) is 13.8 Å². The van der Waals surface area contributed by atoms with Crippen molar-refractivity contribution in [3.63, 3.8) is 0 Å². The van der Waals surface area contributed by atoms with Crippen LogP contribution in [-0.2, 0) is 0 Å². The molecular weight excluding hydrogens is 178 g/mol. The Morgan fingerprint density at radius 1 is 1.29 bits per heavy atom. The first-order valence-corrected chi connectivity index (χ1v) is 4.76. The highest BCUT2D eigenvalue weighted by molar-refractivity contribution is 5.43. The van der Waals surface area contributed by atoms with Crippen molar-refractivity contribution in [1.29, 1.82) is 0 Å². The van der Waals surface area contributed by atoms with Crippen molar-refractivity contribution >= 4 is 5.82 Å². The number of anilines is 1. The standard InChI is InChI=1S/C10H17N3O/c1-6(2)8(4)14-10-7(3)9(11)12-5-13-10/h5-6,8H,1-4H3,(H2,11,12,13). The number of hydrogen-bond donors (Lipinski definition) is 1. The summed E-state index contributed by atoms with van der Waals surface area (Å²) in [6, 6.07) is 0. The highest BCUT2D eigenvalue weighted by atomic mass is 16.5. The molecule has 0 bridgehead atoms. The zero-order valence-corrected chi connectivity index (χ0v) is 9.11. The summed E-state index contributed by atoms with van der Waals surface area (Å²) in [5.74, 6) is 1.51. The number of nitrogens with two attached hydrogens (primary N) is 1. The van der Waals surface area contributed by atoms with E-state index in [9.17, 15) is 0 Å². The Labute approximate surface area is 84.5 Å². The molecule has 1 rings (SSSR count). The molecule has 0 radical (unpaired) electrons. The highest BCUT2D eigenvalue weighted by Gasteiger charge is 2.12. The van der Waals surface area contributed by atoms with Crippen LogP contribution in [0.5, 0.6) is 5.88 Å². The second-order valence-corrected chi connectivity index (χ2v) is 3.76. The third-order valence-corrected chi connectivity index (χ3v) is 2.31. The van der Waals surface area contributed by atoms with Crippen LogP contribution in [-0.4, -0.2) is 16.1 Å². The van der Waals surface area contributed by atoms with E-state index < -0.39 is 0 Å². The van der Waals surface area contributed by atoms with Crippen LogP contribution in [0.3, 0.4) is 0 Å². The first kappa shape index (κ1) is 10.8. The van der Waals surface area contributed by atoms with Gasteiger partial charge in [0.25, 0.3) is 0 Å². The van der Waals surface area contributed by atoms with Gasteiger partial charge in [0.15, 0.2) is 0 Å². The zero-order chi connectivity index (χ0) is 10.7. The van der Waals surface area contributed by atoms with E-state index in [-0.39, 0.29) is 6.10 Å². The molecule has 1 unspecified atom stereocenters. The van der Waals surface area contributed by atoms with Crippen LogP contribution in [0.15, 0.2) is 6.33 Å². The minimum Gasteiger partial charge on any atom is -0.474 e. The van der Waals surface area contributed by atoms with Gasteiger partial charge >= 0.3 is 0 Å². The quantitative estimate of drug-likeness (QED) is 0.798. The Bertz CT molecular complexity index is 312. The maximum Gasteiger partial charge on any atom is 0.221 e. The van der Waals surface area contributed by atoms with Crippen molar-refractivity contribution < 1.29 is 4.74 Å². The van der Waals surface area contributed by atoms with Crippen molar-refractivity contribution in [2.75, 3.05) is 5.73 Å². The Balaban J connectivity index is 2.82. The minimum absolute atomic E-state index is 0.128. The number of aromatic nitrogens is 2. The van der Waals surface area contributed by atoms with E-state index >= 15 is 0 Å². The van der Waals surface area contributed by atoms with Crippen LogP contribution >= 0.6 is 0 Å². The normalized spacial score (nSPS) is 12.9. The Morgan fingerprint density at radius 3 is 2.50 bits per heavy atom. The SMILES string of the molecule is Cc1c(N)ncnc1OC(C)C(C)C. The Hall–Kier alpha value is -1.32. The number of rotatable bonds is 3.